The number of hydrogen-bond donors (Lipinski definition) is 0. The van der Waals surface area contributed by atoms with Gasteiger partial charge in [0.2, 0.25) is 23.6 Å². The van der Waals surface area contributed by atoms with Gasteiger partial charge in [0, 0.05) is 23.7 Å². The standard InChI is InChI=1S/C42H28N2O4/c45-39-35-31-23-12-1-2-13-24(23)32(26-15-4-3-14-25(26)31)36(35)40(46)43(39)21-10-9-11-22(20-21)44-41(47)37-33-27-16-5-6-17-28(27)34(38(37)42(44)48)30-19-8-7-18-29(30)33/h1-20,31-38H/t31?,32?,33?,34?,35-,36-,37-,38+/m1/s1. The average Bonchev–Trinajstić information content (AvgIpc) is 3.56. The van der Waals surface area contributed by atoms with Crippen LogP contribution in [-0.4, -0.2) is 23.6 Å². The number of benzene rings is 5. The molecule has 4 bridgehead atoms. The molecule has 2 aliphatic heterocycles. The van der Waals surface area contributed by atoms with Gasteiger partial charge in [-0.2, -0.15) is 0 Å². The van der Waals surface area contributed by atoms with Gasteiger partial charge < -0.3 is 0 Å². The molecule has 6 nitrogen and oxygen atoms in total. The number of nitrogens with zero attached hydrogens (tertiary/aromatic N) is 2. The maximum Gasteiger partial charge on any atom is 0.238 e. The third kappa shape index (κ3) is 3.00. The molecule has 5 aromatic rings. The normalized spacial score (nSPS) is 29.8. The molecular formula is C42H28N2O4. The topological polar surface area (TPSA) is 74.8 Å². The first-order chi connectivity index (χ1) is 23.5. The molecule has 230 valence electrons. The summed E-state index contributed by atoms with van der Waals surface area (Å²) >= 11 is 0. The molecule has 0 unspecified atom stereocenters. The molecule has 2 fully saturated rings. The van der Waals surface area contributed by atoms with Crippen molar-refractivity contribution in [3.63, 3.8) is 0 Å². The van der Waals surface area contributed by atoms with Gasteiger partial charge in [0.1, 0.15) is 0 Å². The van der Waals surface area contributed by atoms with E-state index in [4.69, 9.17) is 0 Å². The molecule has 4 amide bonds. The second-order valence-electron chi connectivity index (χ2n) is 14.1. The van der Waals surface area contributed by atoms with Crippen LogP contribution in [0.2, 0.25) is 0 Å². The van der Waals surface area contributed by atoms with Crippen LogP contribution >= 0.6 is 0 Å². The van der Waals surface area contributed by atoms with Crippen molar-refractivity contribution < 1.29 is 19.2 Å². The number of amides is 4. The number of rotatable bonds is 2. The first-order valence-electron chi connectivity index (χ1n) is 16.8. The molecule has 8 aliphatic rings. The lowest BCUT2D eigenvalue weighted by molar-refractivity contribution is -0.124. The molecule has 13 rings (SSSR count). The highest BCUT2D eigenvalue weighted by Crippen LogP contribution is 2.63. The largest absolute Gasteiger partial charge is 0.274 e. The Bertz CT molecular complexity index is 1940. The Kier molecular flexibility index (Phi) is 4.98. The van der Waals surface area contributed by atoms with Crippen LogP contribution in [0.4, 0.5) is 11.4 Å². The lowest BCUT2D eigenvalue weighted by Gasteiger charge is -2.45. The molecule has 2 heterocycles. The Hall–Kier alpha value is -5.62. The van der Waals surface area contributed by atoms with Gasteiger partial charge >= 0.3 is 0 Å². The fourth-order valence-corrected chi connectivity index (χ4v) is 10.6. The highest BCUT2D eigenvalue weighted by Gasteiger charge is 2.63. The Labute approximate surface area is 276 Å². The van der Waals surface area contributed by atoms with Crippen LogP contribution in [0, 0.1) is 23.7 Å². The molecule has 0 radical (unpaired) electrons. The van der Waals surface area contributed by atoms with Crippen molar-refractivity contribution in [2.45, 2.75) is 23.7 Å². The van der Waals surface area contributed by atoms with Crippen molar-refractivity contribution >= 4 is 35.0 Å². The molecule has 6 heteroatoms. The highest BCUT2D eigenvalue weighted by atomic mass is 16.2. The summed E-state index contributed by atoms with van der Waals surface area (Å²) in [5, 5.41) is 0. The summed E-state index contributed by atoms with van der Waals surface area (Å²) < 4.78 is 0. The highest BCUT2D eigenvalue weighted by molar-refractivity contribution is 6.25. The number of anilines is 2. The molecular weight excluding hydrogens is 596 g/mol. The zero-order chi connectivity index (χ0) is 32.0. The van der Waals surface area contributed by atoms with Gasteiger partial charge in [0.05, 0.1) is 35.0 Å². The summed E-state index contributed by atoms with van der Waals surface area (Å²) in [7, 11) is 0. The molecule has 6 aliphatic carbocycles. The summed E-state index contributed by atoms with van der Waals surface area (Å²) in [6, 6.07) is 39.7. The van der Waals surface area contributed by atoms with Gasteiger partial charge in [0.25, 0.3) is 0 Å². The lowest BCUT2D eigenvalue weighted by Crippen LogP contribution is -2.41. The van der Waals surface area contributed by atoms with E-state index in [1.54, 1.807) is 24.3 Å². The molecule has 4 atom stereocenters. The van der Waals surface area contributed by atoms with Crippen molar-refractivity contribution in [1.29, 1.82) is 0 Å². The smallest absolute Gasteiger partial charge is 0.238 e. The van der Waals surface area contributed by atoms with E-state index in [1.807, 2.05) is 48.5 Å². The third-order valence-electron chi connectivity index (χ3n) is 12.2. The molecule has 5 aromatic carbocycles. The van der Waals surface area contributed by atoms with E-state index >= 15 is 0 Å². The Morgan fingerprint density at radius 2 is 0.542 bits per heavy atom. The lowest BCUT2D eigenvalue weighted by atomic mass is 9.55. The summed E-state index contributed by atoms with van der Waals surface area (Å²) in [5.74, 6) is -3.78. The fourth-order valence-electron chi connectivity index (χ4n) is 10.6. The van der Waals surface area contributed by atoms with Crippen molar-refractivity contribution in [3.05, 3.63) is 166 Å². The number of carbonyl (C=O) groups excluding carboxylic acids is 4. The quantitative estimate of drug-likeness (QED) is 0.211. The van der Waals surface area contributed by atoms with Crippen molar-refractivity contribution in [3.8, 4) is 0 Å². The maximum absolute atomic E-state index is 14.4. The van der Waals surface area contributed by atoms with Gasteiger partial charge in [0.15, 0.2) is 0 Å². The van der Waals surface area contributed by atoms with Gasteiger partial charge in [-0.25, -0.2) is 9.80 Å². The molecule has 48 heavy (non-hydrogen) atoms. The van der Waals surface area contributed by atoms with Crippen LogP contribution in [0.1, 0.15) is 68.2 Å². The molecule has 0 saturated carbocycles. The Morgan fingerprint density at radius 1 is 0.312 bits per heavy atom. The summed E-state index contributed by atoms with van der Waals surface area (Å²) in [6.45, 7) is 0. The zero-order valence-electron chi connectivity index (χ0n) is 25.7. The molecule has 2 saturated heterocycles. The zero-order valence-corrected chi connectivity index (χ0v) is 25.7. The number of hydrogen-bond acceptors (Lipinski definition) is 4. The number of carbonyl (C=O) groups is 4. The van der Waals surface area contributed by atoms with Crippen molar-refractivity contribution in [2.75, 3.05) is 9.80 Å². The average molecular weight is 625 g/mol. The van der Waals surface area contributed by atoms with Crippen LogP contribution in [0.3, 0.4) is 0 Å². The molecule has 0 spiro atoms. The second kappa shape index (κ2) is 9.04. The third-order valence-corrected chi connectivity index (χ3v) is 12.2. The van der Waals surface area contributed by atoms with Gasteiger partial charge in [-0.1, -0.05) is 103 Å². The number of imide groups is 2. The predicted molar refractivity (Wildman–Crippen MR) is 179 cm³/mol. The minimum atomic E-state index is -0.512. The second-order valence-corrected chi connectivity index (χ2v) is 14.1. The summed E-state index contributed by atoms with van der Waals surface area (Å²) in [5.41, 5.74) is 9.73. The van der Waals surface area contributed by atoms with Crippen LogP contribution in [0.25, 0.3) is 0 Å². The molecule has 0 N–H and O–H groups in total. The van der Waals surface area contributed by atoms with E-state index in [0.29, 0.717) is 11.4 Å². The van der Waals surface area contributed by atoms with Crippen molar-refractivity contribution in [1.82, 2.24) is 0 Å². The Balaban J connectivity index is 0.992. The van der Waals surface area contributed by atoms with E-state index in [2.05, 4.69) is 48.5 Å². The monoisotopic (exact) mass is 624 g/mol. The van der Waals surface area contributed by atoms with E-state index in [1.165, 1.54) is 9.80 Å². The first kappa shape index (κ1) is 26.4. The fraction of sp³-hybridized carbons (Fsp3) is 0.190. The van der Waals surface area contributed by atoms with Crippen LogP contribution in [0.5, 0.6) is 0 Å². The van der Waals surface area contributed by atoms with E-state index < -0.39 is 23.7 Å². The Morgan fingerprint density at radius 3 is 0.771 bits per heavy atom. The minimum Gasteiger partial charge on any atom is -0.274 e. The molecule has 0 aromatic heterocycles. The summed E-state index contributed by atoms with van der Waals surface area (Å²) in [6.07, 6.45) is 0. The minimum absolute atomic E-state index is 0.208. The van der Waals surface area contributed by atoms with Gasteiger partial charge in [-0.15, -0.1) is 0 Å². The van der Waals surface area contributed by atoms with Crippen LogP contribution < -0.4 is 9.80 Å². The predicted octanol–water partition coefficient (Wildman–Crippen LogP) is 6.48. The van der Waals surface area contributed by atoms with E-state index in [9.17, 15) is 19.2 Å². The van der Waals surface area contributed by atoms with Crippen LogP contribution in [-0.2, 0) is 19.2 Å². The maximum atomic E-state index is 14.4. The van der Waals surface area contributed by atoms with Crippen LogP contribution in [0.15, 0.2) is 121 Å². The van der Waals surface area contributed by atoms with E-state index in [0.717, 1.165) is 44.5 Å². The van der Waals surface area contributed by atoms with Gasteiger partial charge in [-0.05, 0) is 62.7 Å². The SMILES string of the molecule is O=C1[C@@H]2C3c4ccccc4C(c4ccccc43)[C@H]2C(=O)N1c1cccc(N2C(=O)[C@@H]3C4c5ccccc5C(c5ccccc54)[C@@H]3C2=O)c1. The van der Waals surface area contributed by atoms with Crippen molar-refractivity contribution in [2.24, 2.45) is 23.7 Å². The first-order valence-corrected chi connectivity index (χ1v) is 16.8. The van der Waals surface area contributed by atoms with E-state index in [-0.39, 0.29) is 47.3 Å². The van der Waals surface area contributed by atoms with Gasteiger partial charge in [-0.3, -0.25) is 19.2 Å². The summed E-state index contributed by atoms with van der Waals surface area (Å²) in [4.78, 5) is 60.4.